The number of amides is 1. The first kappa shape index (κ1) is 13.1. The fraction of sp³-hybridized carbons (Fsp3) is 0.875. The van der Waals surface area contributed by atoms with E-state index in [0.29, 0.717) is 18.3 Å². The molecule has 0 aromatic heterocycles. The van der Waals surface area contributed by atoms with Crippen LogP contribution in [0, 0.1) is 22.7 Å². The molecular formula is C16H25NO2. The molecule has 1 heterocycles. The van der Waals surface area contributed by atoms with E-state index >= 15 is 0 Å². The summed E-state index contributed by atoms with van der Waals surface area (Å²) in [5.74, 6) is 1.50. The molecule has 3 heteroatoms. The van der Waals surface area contributed by atoms with Crippen LogP contribution in [-0.2, 0) is 9.59 Å². The van der Waals surface area contributed by atoms with Crippen molar-refractivity contribution in [3.05, 3.63) is 0 Å². The monoisotopic (exact) mass is 263 g/mol. The van der Waals surface area contributed by atoms with Crippen LogP contribution in [0.5, 0.6) is 0 Å². The van der Waals surface area contributed by atoms with Crippen LogP contribution >= 0.6 is 0 Å². The standard InChI is InChI=1S/C16H25NO2/c1-11-5-8-17(9-6-11)14(19)16-7-4-12(10-13(16)18)15(16,2)3/h11-12H,4-10H2,1-3H3. The minimum absolute atomic E-state index is 0.135. The van der Waals surface area contributed by atoms with Gasteiger partial charge in [-0.2, -0.15) is 0 Å². The lowest BCUT2D eigenvalue weighted by Gasteiger charge is -2.41. The number of Topliss-reactive ketones (excluding diaryl/α,β-unsaturated/α-hetero) is 1. The summed E-state index contributed by atoms with van der Waals surface area (Å²) in [6, 6.07) is 0. The molecule has 0 radical (unpaired) electrons. The Bertz CT molecular complexity index is 420. The molecule has 0 aromatic rings. The second-order valence-electron chi connectivity index (χ2n) is 7.46. The van der Waals surface area contributed by atoms with Crippen molar-refractivity contribution in [1.29, 1.82) is 0 Å². The number of hydrogen-bond acceptors (Lipinski definition) is 2. The van der Waals surface area contributed by atoms with Gasteiger partial charge in [0.2, 0.25) is 5.91 Å². The summed E-state index contributed by atoms with van der Waals surface area (Å²) in [6.07, 6.45) is 4.63. The SMILES string of the molecule is CC1CCN(C(=O)C23CCC(CC2=O)C3(C)C)CC1. The summed E-state index contributed by atoms with van der Waals surface area (Å²) in [6.45, 7) is 8.21. The molecule has 19 heavy (non-hydrogen) atoms. The molecule has 2 bridgehead atoms. The van der Waals surface area contributed by atoms with Crippen LogP contribution in [-0.4, -0.2) is 29.7 Å². The largest absolute Gasteiger partial charge is 0.342 e. The molecule has 3 rings (SSSR count). The van der Waals surface area contributed by atoms with Gasteiger partial charge in [0.25, 0.3) is 0 Å². The van der Waals surface area contributed by atoms with Gasteiger partial charge < -0.3 is 4.90 Å². The van der Waals surface area contributed by atoms with Crippen LogP contribution in [0.15, 0.2) is 0 Å². The maximum atomic E-state index is 13.0. The number of likely N-dealkylation sites (tertiary alicyclic amines) is 1. The van der Waals surface area contributed by atoms with Gasteiger partial charge in [-0.05, 0) is 42.9 Å². The highest BCUT2D eigenvalue weighted by molar-refractivity contribution is 6.09. The highest BCUT2D eigenvalue weighted by Crippen LogP contribution is 2.64. The predicted octanol–water partition coefficient (Wildman–Crippen LogP) is 2.64. The zero-order valence-electron chi connectivity index (χ0n) is 12.4. The molecule has 1 saturated heterocycles. The van der Waals surface area contributed by atoms with Crippen LogP contribution < -0.4 is 0 Å². The molecule has 1 aliphatic heterocycles. The maximum Gasteiger partial charge on any atom is 0.236 e. The van der Waals surface area contributed by atoms with Crippen molar-refractivity contribution in [3.8, 4) is 0 Å². The minimum atomic E-state index is -0.682. The fourth-order valence-electron chi connectivity index (χ4n) is 4.66. The lowest BCUT2D eigenvalue weighted by Crippen LogP contribution is -2.53. The van der Waals surface area contributed by atoms with Gasteiger partial charge in [0.1, 0.15) is 11.2 Å². The van der Waals surface area contributed by atoms with Crippen molar-refractivity contribution in [1.82, 2.24) is 4.90 Å². The second-order valence-corrected chi connectivity index (χ2v) is 7.46. The molecule has 0 aromatic carbocycles. The Morgan fingerprint density at radius 3 is 2.32 bits per heavy atom. The average Bonchev–Trinajstić information content (AvgIpc) is 2.73. The van der Waals surface area contributed by atoms with E-state index in [4.69, 9.17) is 0 Å². The third kappa shape index (κ3) is 1.56. The van der Waals surface area contributed by atoms with E-state index in [9.17, 15) is 9.59 Å². The topological polar surface area (TPSA) is 37.4 Å². The highest BCUT2D eigenvalue weighted by Gasteiger charge is 2.68. The number of rotatable bonds is 1. The van der Waals surface area contributed by atoms with E-state index in [1.54, 1.807) is 0 Å². The molecule has 2 atom stereocenters. The number of nitrogens with zero attached hydrogens (tertiary/aromatic N) is 1. The lowest BCUT2D eigenvalue weighted by molar-refractivity contribution is -0.154. The first-order valence-electron chi connectivity index (χ1n) is 7.72. The minimum Gasteiger partial charge on any atom is -0.342 e. The summed E-state index contributed by atoms with van der Waals surface area (Å²) in [5.41, 5.74) is -0.817. The van der Waals surface area contributed by atoms with Crippen LogP contribution in [0.2, 0.25) is 0 Å². The third-order valence-electron chi connectivity index (χ3n) is 6.33. The van der Waals surface area contributed by atoms with Crippen LogP contribution in [0.3, 0.4) is 0 Å². The number of hydrogen-bond donors (Lipinski definition) is 0. The van der Waals surface area contributed by atoms with E-state index in [2.05, 4.69) is 20.8 Å². The second kappa shape index (κ2) is 4.07. The molecule has 3 aliphatic rings. The molecule has 2 saturated carbocycles. The van der Waals surface area contributed by atoms with Gasteiger partial charge in [-0.3, -0.25) is 9.59 Å². The zero-order chi connectivity index (χ0) is 13.8. The van der Waals surface area contributed by atoms with Gasteiger partial charge in [0.15, 0.2) is 0 Å². The summed E-state index contributed by atoms with van der Waals surface area (Å²) in [4.78, 5) is 27.5. The molecule has 0 spiro atoms. The number of piperidine rings is 1. The Kier molecular flexibility index (Phi) is 2.81. The average molecular weight is 263 g/mol. The van der Waals surface area contributed by atoms with Crippen molar-refractivity contribution in [2.24, 2.45) is 22.7 Å². The molecule has 106 valence electrons. The first-order chi connectivity index (χ1) is 8.89. The van der Waals surface area contributed by atoms with E-state index in [-0.39, 0.29) is 17.1 Å². The van der Waals surface area contributed by atoms with Gasteiger partial charge in [0, 0.05) is 19.5 Å². The molecule has 3 nitrogen and oxygen atoms in total. The molecule has 3 fully saturated rings. The molecule has 2 unspecified atom stereocenters. The summed E-state index contributed by atoms with van der Waals surface area (Å²) in [5, 5.41) is 0. The van der Waals surface area contributed by atoms with Gasteiger partial charge in [-0.15, -0.1) is 0 Å². The predicted molar refractivity (Wildman–Crippen MR) is 73.5 cm³/mol. The van der Waals surface area contributed by atoms with Crippen LogP contribution in [0.1, 0.15) is 52.9 Å². The summed E-state index contributed by atoms with van der Waals surface area (Å²) >= 11 is 0. The molecule has 0 N–H and O–H groups in total. The number of ketones is 1. The smallest absolute Gasteiger partial charge is 0.236 e. The van der Waals surface area contributed by atoms with Crippen molar-refractivity contribution in [2.45, 2.75) is 52.9 Å². The number of carbonyl (C=O) groups excluding carboxylic acids is 2. The number of carbonyl (C=O) groups is 2. The van der Waals surface area contributed by atoms with Crippen molar-refractivity contribution >= 4 is 11.7 Å². The lowest BCUT2D eigenvalue weighted by atomic mass is 9.67. The fourth-order valence-corrected chi connectivity index (χ4v) is 4.66. The van der Waals surface area contributed by atoms with Crippen LogP contribution in [0.25, 0.3) is 0 Å². The number of fused-ring (bicyclic) bond motifs is 2. The van der Waals surface area contributed by atoms with Crippen molar-refractivity contribution in [2.75, 3.05) is 13.1 Å². The third-order valence-corrected chi connectivity index (χ3v) is 6.33. The Hall–Kier alpha value is -0.860. The van der Waals surface area contributed by atoms with E-state index in [1.807, 2.05) is 4.90 Å². The quantitative estimate of drug-likeness (QED) is 0.682. The Morgan fingerprint density at radius 1 is 1.21 bits per heavy atom. The van der Waals surface area contributed by atoms with Gasteiger partial charge in [0.05, 0.1) is 0 Å². The Balaban J connectivity index is 1.88. The molecular weight excluding hydrogens is 238 g/mol. The molecule has 1 amide bonds. The summed E-state index contributed by atoms with van der Waals surface area (Å²) in [7, 11) is 0. The van der Waals surface area contributed by atoms with Crippen molar-refractivity contribution in [3.63, 3.8) is 0 Å². The van der Waals surface area contributed by atoms with Gasteiger partial charge in [-0.1, -0.05) is 20.8 Å². The highest BCUT2D eigenvalue weighted by atomic mass is 16.2. The first-order valence-corrected chi connectivity index (χ1v) is 7.72. The van der Waals surface area contributed by atoms with Crippen molar-refractivity contribution < 1.29 is 9.59 Å². The van der Waals surface area contributed by atoms with Crippen LogP contribution in [0.4, 0.5) is 0 Å². The Morgan fingerprint density at radius 2 is 1.84 bits per heavy atom. The van der Waals surface area contributed by atoms with Gasteiger partial charge in [-0.25, -0.2) is 0 Å². The Labute approximate surface area is 115 Å². The summed E-state index contributed by atoms with van der Waals surface area (Å²) < 4.78 is 0. The van der Waals surface area contributed by atoms with E-state index in [0.717, 1.165) is 38.8 Å². The maximum absolute atomic E-state index is 13.0. The van der Waals surface area contributed by atoms with Gasteiger partial charge >= 0.3 is 0 Å². The van der Waals surface area contributed by atoms with E-state index < -0.39 is 5.41 Å². The zero-order valence-corrected chi connectivity index (χ0v) is 12.4. The molecule has 2 aliphatic carbocycles. The van der Waals surface area contributed by atoms with E-state index in [1.165, 1.54) is 0 Å². The normalized spacial score (nSPS) is 37.9.